The standard InChI is InChI=1S/C18H16FNO3/c1-22-15-7-5-13(6-8-15)16(18(21)23-2)9-12-3-4-14(11-20)17(19)10-12/h3-8,10,16H,9H2,1-2H3. The summed E-state index contributed by atoms with van der Waals surface area (Å²) >= 11 is 0. The summed E-state index contributed by atoms with van der Waals surface area (Å²) in [4.78, 5) is 12.1. The van der Waals surface area contributed by atoms with E-state index in [0.717, 1.165) is 5.56 Å². The maximum atomic E-state index is 13.7. The van der Waals surface area contributed by atoms with E-state index in [1.54, 1.807) is 43.5 Å². The molecule has 2 rings (SSSR count). The lowest BCUT2D eigenvalue weighted by atomic mass is 9.91. The van der Waals surface area contributed by atoms with Crippen molar-refractivity contribution in [1.29, 1.82) is 5.26 Å². The van der Waals surface area contributed by atoms with Crippen LogP contribution in [-0.2, 0) is 16.0 Å². The third-order valence-corrected chi connectivity index (χ3v) is 3.60. The molecule has 0 saturated heterocycles. The van der Waals surface area contributed by atoms with Crippen LogP contribution >= 0.6 is 0 Å². The van der Waals surface area contributed by atoms with E-state index < -0.39 is 17.7 Å². The van der Waals surface area contributed by atoms with Gasteiger partial charge in [-0.1, -0.05) is 18.2 Å². The largest absolute Gasteiger partial charge is 0.497 e. The first-order chi connectivity index (χ1) is 11.1. The summed E-state index contributed by atoms with van der Waals surface area (Å²) in [6.07, 6.45) is 0.279. The molecular formula is C18H16FNO3. The first-order valence-corrected chi connectivity index (χ1v) is 6.99. The van der Waals surface area contributed by atoms with E-state index in [-0.39, 0.29) is 12.0 Å². The molecule has 4 nitrogen and oxygen atoms in total. The number of halogens is 1. The van der Waals surface area contributed by atoms with E-state index in [4.69, 9.17) is 14.7 Å². The Morgan fingerprint density at radius 2 is 1.91 bits per heavy atom. The van der Waals surface area contributed by atoms with E-state index in [9.17, 15) is 9.18 Å². The molecule has 2 aromatic rings. The summed E-state index contributed by atoms with van der Waals surface area (Å²) in [6.45, 7) is 0. The molecular weight excluding hydrogens is 297 g/mol. The van der Waals surface area contributed by atoms with Crippen molar-refractivity contribution in [3.05, 3.63) is 65.0 Å². The van der Waals surface area contributed by atoms with Crippen molar-refractivity contribution in [2.24, 2.45) is 0 Å². The highest BCUT2D eigenvalue weighted by Crippen LogP contribution is 2.25. The van der Waals surface area contributed by atoms with E-state index in [1.807, 2.05) is 0 Å². The van der Waals surface area contributed by atoms with Gasteiger partial charge in [0.25, 0.3) is 0 Å². The summed E-state index contributed by atoms with van der Waals surface area (Å²) in [5.41, 5.74) is 1.35. The van der Waals surface area contributed by atoms with Crippen LogP contribution in [0.5, 0.6) is 5.75 Å². The van der Waals surface area contributed by atoms with Crippen molar-refractivity contribution in [1.82, 2.24) is 0 Å². The van der Waals surface area contributed by atoms with Gasteiger partial charge in [0.15, 0.2) is 0 Å². The molecule has 0 heterocycles. The molecule has 0 radical (unpaired) electrons. The molecule has 0 saturated carbocycles. The maximum absolute atomic E-state index is 13.7. The third kappa shape index (κ3) is 3.86. The van der Waals surface area contributed by atoms with Gasteiger partial charge in [-0.2, -0.15) is 5.26 Å². The van der Waals surface area contributed by atoms with Gasteiger partial charge in [0.2, 0.25) is 0 Å². The zero-order valence-corrected chi connectivity index (χ0v) is 12.9. The minimum atomic E-state index is -0.594. The summed E-state index contributed by atoms with van der Waals surface area (Å²) in [7, 11) is 2.88. The van der Waals surface area contributed by atoms with Crippen LogP contribution in [0.25, 0.3) is 0 Å². The van der Waals surface area contributed by atoms with Crippen LogP contribution in [0.15, 0.2) is 42.5 Å². The number of ether oxygens (including phenoxy) is 2. The zero-order valence-electron chi connectivity index (χ0n) is 12.9. The van der Waals surface area contributed by atoms with E-state index in [0.29, 0.717) is 11.3 Å². The van der Waals surface area contributed by atoms with E-state index in [2.05, 4.69) is 0 Å². The van der Waals surface area contributed by atoms with Crippen molar-refractivity contribution in [2.75, 3.05) is 14.2 Å². The molecule has 0 amide bonds. The lowest BCUT2D eigenvalue weighted by Crippen LogP contribution is -2.17. The number of methoxy groups -OCH3 is 2. The van der Waals surface area contributed by atoms with Crippen LogP contribution in [0, 0.1) is 17.1 Å². The highest BCUT2D eigenvalue weighted by atomic mass is 19.1. The summed E-state index contributed by atoms with van der Waals surface area (Å²) in [5.74, 6) is -0.872. The molecule has 23 heavy (non-hydrogen) atoms. The van der Waals surface area contributed by atoms with Gasteiger partial charge in [0.05, 0.1) is 25.7 Å². The molecule has 118 valence electrons. The van der Waals surface area contributed by atoms with Gasteiger partial charge >= 0.3 is 5.97 Å². The quantitative estimate of drug-likeness (QED) is 0.795. The Hall–Kier alpha value is -2.87. The van der Waals surface area contributed by atoms with Crippen LogP contribution in [0.3, 0.4) is 0 Å². The molecule has 1 unspecified atom stereocenters. The third-order valence-electron chi connectivity index (χ3n) is 3.60. The molecule has 5 heteroatoms. The number of rotatable bonds is 5. The van der Waals surface area contributed by atoms with E-state index in [1.165, 1.54) is 19.2 Å². The minimum Gasteiger partial charge on any atom is -0.497 e. The van der Waals surface area contributed by atoms with Crippen LogP contribution in [0.1, 0.15) is 22.6 Å². The monoisotopic (exact) mass is 313 g/mol. The second-order valence-corrected chi connectivity index (χ2v) is 4.98. The average Bonchev–Trinajstić information content (AvgIpc) is 2.59. The SMILES string of the molecule is COC(=O)C(Cc1ccc(C#N)c(F)c1)c1ccc(OC)cc1. The van der Waals surface area contributed by atoms with Gasteiger partial charge in [-0.15, -0.1) is 0 Å². The smallest absolute Gasteiger partial charge is 0.313 e. The fourth-order valence-electron chi connectivity index (χ4n) is 2.33. The number of carbonyl (C=O) groups is 1. The molecule has 0 fully saturated rings. The van der Waals surface area contributed by atoms with Crippen molar-refractivity contribution in [3.63, 3.8) is 0 Å². The van der Waals surface area contributed by atoms with Crippen LogP contribution in [-0.4, -0.2) is 20.2 Å². The van der Waals surface area contributed by atoms with Crippen LogP contribution < -0.4 is 4.74 Å². The van der Waals surface area contributed by atoms with E-state index >= 15 is 0 Å². The molecule has 0 N–H and O–H groups in total. The number of hydrogen-bond acceptors (Lipinski definition) is 4. The first kappa shape index (κ1) is 16.5. The van der Waals surface area contributed by atoms with Gasteiger partial charge in [0.1, 0.15) is 17.6 Å². The lowest BCUT2D eigenvalue weighted by molar-refractivity contribution is -0.142. The Labute approximate surface area is 134 Å². The van der Waals surface area contributed by atoms with Gasteiger partial charge < -0.3 is 9.47 Å². The molecule has 0 aliphatic heterocycles. The molecule has 1 atom stereocenters. The number of esters is 1. The zero-order chi connectivity index (χ0) is 16.8. The van der Waals surface area contributed by atoms with Gasteiger partial charge in [-0.05, 0) is 41.8 Å². The topological polar surface area (TPSA) is 59.3 Å². The Morgan fingerprint density at radius 1 is 1.22 bits per heavy atom. The highest BCUT2D eigenvalue weighted by molar-refractivity contribution is 5.78. The Morgan fingerprint density at radius 3 is 2.43 bits per heavy atom. The van der Waals surface area contributed by atoms with Crippen molar-refractivity contribution in [3.8, 4) is 11.8 Å². The lowest BCUT2D eigenvalue weighted by Gasteiger charge is -2.16. The number of nitrogens with zero attached hydrogens (tertiary/aromatic N) is 1. The van der Waals surface area contributed by atoms with Gasteiger partial charge in [0, 0.05) is 0 Å². The number of benzene rings is 2. The molecule has 0 aliphatic rings. The number of hydrogen-bond donors (Lipinski definition) is 0. The highest BCUT2D eigenvalue weighted by Gasteiger charge is 2.22. The summed E-state index contributed by atoms with van der Waals surface area (Å²) in [6, 6.07) is 13.2. The Bertz CT molecular complexity index is 735. The van der Waals surface area contributed by atoms with Crippen molar-refractivity contribution in [2.45, 2.75) is 12.3 Å². The van der Waals surface area contributed by atoms with Crippen LogP contribution in [0.2, 0.25) is 0 Å². The fraction of sp³-hybridized carbons (Fsp3) is 0.222. The normalized spacial score (nSPS) is 11.4. The molecule has 0 spiro atoms. The molecule has 0 aliphatic carbocycles. The molecule has 0 bridgehead atoms. The predicted octanol–water partition coefficient (Wildman–Crippen LogP) is 3.21. The van der Waals surface area contributed by atoms with Crippen molar-refractivity contribution >= 4 is 5.97 Å². The Balaban J connectivity index is 2.30. The van der Waals surface area contributed by atoms with Crippen molar-refractivity contribution < 1.29 is 18.7 Å². The summed E-state index contributed by atoms with van der Waals surface area (Å²) in [5, 5.41) is 8.77. The van der Waals surface area contributed by atoms with Crippen LogP contribution in [0.4, 0.5) is 4.39 Å². The van der Waals surface area contributed by atoms with Gasteiger partial charge in [-0.3, -0.25) is 4.79 Å². The molecule has 0 aromatic heterocycles. The molecule has 2 aromatic carbocycles. The first-order valence-electron chi connectivity index (χ1n) is 6.99. The second-order valence-electron chi connectivity index (χ2n) is 4.98. The number of carbonyl (C=O) groups excluding carboxylic acids is 1. The number of nitriles is 1. The second kappa shape index (κ2) is 7.41. The predicted molar refractivity (Wildman–Crippen MR) is 82.6 cm³/mol. The fourth-order valence-corrected chi connectivity index (χ4v) is 2.33. The maximum Gasteiger partial charge on any atom is 0.313 e. The van der Waals surface area contributed by atoms with Gasteiger partial charge in [-0.25, -0.2) is 4.39 Å². The summed E-state index contributed by atoms with van der Waals surface area (Å²) < 4.78 is 23.7. The Kier molecular flexibility index (Phi) is 5.32. The minimum absolute atomic E-state index is 0.0205. The average molecular weight is 313 g/mol.